The van der Waals surface area contributed by atoms with E-state index in [9.17, 15) is 10.2 Å². The molecule has 98 valence electrons. The Morgan fingerprint density at radius 2 is 2.17 bits per heavy atom. The van der Waals surface area contributed by atoms with E-state index in [1.165, 1.54) is 0 Å². The quantitative estimate of drug-likeness (QED) is 0.814. The normalized spacial score (nSPS) is 24.6. The van der Waals surface area contributed by atoms with Crippen molar-refractivity contribution in [1.29, 1.82) is 0 Å². The molecule has 2 rings (SSSR count). The molecule has 1 saturated carbocycles. The van der Waals surface area contributed by atoms with Gasteiger partial charge in [0, 0.05) is 6.21 Å². The number of rotatable bonds is 2. The zero-order valence-electron chi connectivity index (χ0n) is 9.81. The summed E-state index contributed by atoms with van der Waals surface area (Å²) in [7, 11) is 0. The monoisotopic (exact) mass is 331 g/mol. The highest BCUT2D eigenvalue weighted by Crippen LogP contribution is 2.32. The van der Waals surface area contributed by atoms with Gasteiger partial charge in [-0.1, -0.05) is 11.6 Å². The molecule has 1 aromatic rings. The van der Waals surface area contributed by atoms with E-state index in [0.29, 0.717) is 9.50 Å². The first-order chi connectivity index (χ1) is 8.56. The molecule has 5 heteroatoms. The maximum atomic E-state index is 9.57. The molecule has 0 amide bonds. The van der Waals surface area contributed by atoms with Crippen molar-refractivity contribution in [1.82, 2.24) is 0 Å². The number of phenols is 1. The number of hydrogen-bond acceptors (Lipinski definition) is 3. The smallest absolute Gasteiger partial charge is 0.148 e. The van der Waals surface area contributed by atoms with Gasteiger partial charge in [0.25, 0.3) is 0 Å². The van der Waals surface area contributed by atoms with Gasteiger partial charge in [-0.2, -0.15) is 0 Å². The Morgan fingerprint density at radius 1 is 1.39 bits per heavy atom. The molecule has 0 bridgehead atoms. The molecular formula is C13H15BrClNO2. The number of aliphatic imine (C=N–C) groups is 1. The Bertz CT molecular complexity index is 441. The summed E-state index contributed by atoms with van der Waals surface area (Å²) in [5.41, 5.74) is 0.838. The third-order valence-corrected chi connectivity index (χ3v) is 3.99. The molecule has 0 radical (unpaired) electrons. The molecule has 1 aliphatic rings. The molecule has 0 spiro atoms. The molecule has 18 heavy (non-hydrogen) atoms. The second-order valence-electron chi connectivity index (χ2n) is 4.59. The Balaban J connectivity index is 2.09. The molecule has 0 aromatic heterocycles. The van der Waals surface area contributed by atoms with Crippen molar-refractivity contribution in [2.45, 2.75) is 37.8 Å². The van der Waals surface area contributed by atoms with Crippen LogP contribution in [-0.4, -0.2) is 28.6 Å². The minimum absolute atomic E-state index is 0.0434. The Labute approximate surface area is 120 Å². The summed E-state index contributed by atoms with van der Waals surface area (Å²) < 4.78 is 0.556. The summed E-state index contributed by atoms with van der Waals surface area (Å²) in [5, 5.41) is 19.4. The van der Waals surface area contributed by atoms with E-state index in [1.807, 2.05) is 0 Å². The summed E-state index contributed by atoms with van der Waals surface area (Å²) in [6.45, 7) is 0. The lowest BCUT2D eigenvalue weighted by molar-refractivity contribution is 0.121. The average molecular weight is 333 g/mol. The van der Waals surface area contributed by atoms with Crippen molar-refractivity contribution in [3.8, 4) is 5.75 Å². The molecule has 0 unspecified atom stereocenters. The third kappa shape index (κ3) is 3.46. The highest BCUT2D eigenvalue weighted by atomic mass is 79.9. The fraction of sp³-hybridized carbons (Fsp3) is 0.462. The Hall–Kier alpha value is -0.580. The average Bonchev–Trinajstić information content (AvgIpc) is 2.33. The van der Waals surface area contributed by atoms with E-state index in [-0.39, 0.29) is 17.9 Å². The second kappa shape index (κ2) is 6.04. The van der Waals surface area contributed by atoms with Gasteiger partial charge in [0.1, 0.15) is 5.75 Å². The van der Waals surface area contributed by atoms with Crippen molar-refractivity contribution in [2.75, 3.05) is 0 Å². The van der Waals surface area contributed by atoms with Crippen LogP contribution in [0.25, 0.3) is 0 Å². The molecule has 0 aliphatic heterocycles. The van der Waals surface area contributed by atoms with E-state index >= 15 is 0 Å². The molecule has 2 N–H and O–H groups in total. The molecule has 1 fully saturated rings. The highest BCUT2D eigenvalue weighted by molar-refractivity contribution is 9.10. The zero-order valence-corrected chi connectivity index (χ0v) is 12.2. The van der Waals surface area contributed by atoms with Crippen LogP contribution in [0.15, 0.2) is 21.6 Å². The summed E-state index contributed by atoms with van der Waals surface area (Å²) in [6, 6.07) is 3.62. The van der Waals surface area contributed by atoms with Crippen LogP contribution < -0.4 is 0 Å². The van der Waals surface area contributed by atoms with Gasteiger partial charge in [-0.25, -0.2) is 0 Å². The lowest BCUT2D eigenvalue weighted by Crippen LogP contribution is -2.22. The van der Waals surface area contributed by atoms with Crippen LogP contribution in [0, 0.1) is 0 Å². The first kappa shape index (κ1) is 13.8. The third-order valence-electron chi connectivity index (χ3n) is 3.09. The van der Waals surface area contributed by atoms with Crippen LogP contribution in [0.1, 0.15) is 31.2 Å². The first-order valence-electron chi connectivity index (χ1n) is 5.95. The predicted octanol–water partition coefficient (Wildman–Crippen LogP) is 3.53. The van der Waals surface area contributed by atoms with Crippen molar-refractivity contribution in [2.24, 2.45) is 4.99 Å². The number of benzene rings is 1. The first-order valence-corrected chi connectivity index (χ1v) is 7.12. The molecule has 0 heterocycles. The summed E-state index contributed by atoms with van der Waals surface area (Å²) in [4.78, 5) is 4.47. The molecule has 1 aliphatic carbocycles. The van der Waals surface area contributed by atoms with Crippen LogP contribution in [0.3, 0.4) is 0 Å². The molecule has 0 saturated heterocycles. The maximum Gasteiger partial charge on any atom is 0.148 e. The largest absolute Gasteiger partial charge is 0.505 e. The zero-order chi connectivity index (χ0) is 13.1. The van der Waals surface area contributed by atoms with E-state index in [2.05, 4.69) is 20.9 Å². The van der Waals surface area contributed by atoms with Gasteiger partial charge in [0.15, 0.2) is 0 Å². The molecule has 1 aromatic carbocycles. The predicted molar refractivity (Wildman–Crippen MR) is 76.7 cm³/mol. The fourth-order valence-electron chi connectivity index (χ4n) is 2.13. The number of phenolic OH excluding ortho intramolecular Hbond substituents is 1. The number of aromatic hydroxyl groups is 1. The topological polar surface area (TPSA) is 52.8 Å². The molecule has 3 nitrogen and oxygen atoms in total. The molecular weight excluding hydrogens is 318 g/mol. The highest BCUT2D eigenvalue weighted by Gasteiger charge is 2.18. The van der Waals surface area contributed by atoms with Gasteiger partial charge in [-0.15, -0.1) is 0 Å². The van der Waals surface area contributed by atoms with Crippen LogP contribution in [-0.2, 0) is 0 Å². The van der Waals surface area contributed by atoms with Gasteiger partial charge in [0.05, 0.1) is 21.6 Å². The number of halogens is 2. The van der Waals surface area contributed by atoms with Gasteiger partial charge < -0.3 is 10.2 Å². The fourth-order valence-corrected chi connectivity index (χ4v) is 2.95. The van der Waals surface area contributed by atoms with E-state index in [0.717, 1.165) is 31.2 Å². The van der Waals surface area contributed by atoms with Crippen LogP contribution in [0.5, 0.6) is 5.75 Å². The van der Waals surface area contributed by atoms with E-state index in [1.54, 1.807) is 18.3 Å². The number of hydrogen-bond donors (Lipinski definition) is 2. The van der Waals surface area contributed by atoms with Gasteiger partial charge >= 0.3 is 0 Å². The lowest BCUT2D eigenvalue weighted by atomic mass is 9.93. The SMILES string of the molecule is Oc1c(Cl)cc(C=N[C@H]2CCC[C@@H](O)C2)cc1Br. The number of aliphatic hydroxyl groups is 1. The van der Waals surface area contributed by atoms with Crippen molar-refractivity contribution in [3.63, 3.8) is 0 Å². The Kier molecular flexibility index (Phi) is 4.65. The number of aliphatic hydroxyl groups excluding tert-OH is 1. The van der Waals surface area contributed by atoms with Crippen molar-refractivity contribution < 1.29 is 10.2 Å². The maximum absolute atomic E-state index is 9.57. The second-order valence-corrected chi connectivity index (χ2v) is 5.85. The Morgan fingerprint density at radius 3 is 2.83 bits per heavy atom. The van der Waals surface area contributed by atoms with Crippen molar-refractivity contribution >= 4 is 33.7 Å². The van der Waals surface area contributed by atoms with Crippen molar-refractivity contribution in [3.05, 3.63) is 27.2 Å². The minimum Gasteiger partial charge on any atom is -0.505 e. The van der Waals surface area contributed by atoms with Crippen LogP contribution >= 0.6 is 27.5 Å². The van der Waals surface area contributed by atoms with E-state index in [4.69, 9.17) is 11.6 Å². The van der Waals surface area contributed by atoms with Gasteiger partial charge in [-0.05, 0) is 59.3 Å². The van der Waals surface area contributed by atoms with Gasteiger partial charge in [-0.3, -0.25) is 4.99 Å². The summed E-state index contributed by atoms with van der Waals surface area (Å²) in [6.07, 6.45) is 5.16. The summed E-state index contributed by atoms with van der Waals surface area (Å²) >= 11 is 9.12. The number of nitrogens with zero attached hydrogens (tertiary/aromatic N) is 1. The molecule has 2 atom stereocenters. The standard InChI is InChI=1S/C13H15BrClNO2/c14-11-4-8(5-12(15)13(11)18)7-16-9-2-1-3-10(17)6-9/h4-5,7,9-10,17-18H,1-3,6H2/t9-,10+/m0/s1. The van der Waals surface area contributed by atoms with E-state index < -0.39 is 0 Å². The van der Waals surface area contributed by atoms with Crippen LogP contribution in [0.2, 0.25) is 5.02 Å². The minimum atomic E-state index is -0.226. The lowest BCUT2D eigenvalue weighted by Gasteiger charge is -2.22. The van der Waals surface area contributed by atoms with Crippen LogP contribution in [0.4, 0.5) is 0 Å². The van der Waals surface area contributed by atoms with Gasteiger partial charge in [0.2, 0.25) is 0 Å². The summed E-state index contributed by atoms with van der Waals surface area (Å²) in [5.74, 6) is 0.0434.